The SMILES string of the molecule is CC.O=C(CN1CCC(Cc2ccccc2)CC1)c1ccccc1[N+](=O)[O-]. The van der Waals surface area contributed by atoms with Gasteiger partial charge in [0.1, 0.15) is 0 Å². The fourth-order valence-electron chi connectivity index (χ4n) is 3.45. The molecule has 0 aromatic heterocycles. The maximum atomic E-state index is 12.5. The molecule has 2 aromatic rings. The Bertz CT molecular complexity index is 738. The summed E-state index contributed by atoms with van der Waals surface area (Å²) in [5.74, 6) is 0.466. The van der Waals surface area contributed by atoms with E-state index in [1.54, 1.807) is 18.2 Å². The molecule has 0 unspecified atom stereocenters. The largest absolute Gasteiger partial charge is 0.296 e. The van der Waals surface area contributed by atoms with Crippen LogP contribution >= 0.6 is 0 Å². The Balaban J connectivity index is 0.00000126. The van der Waals surface area contributed by atoms with E-state index in [1.165, 1.54) is 11.6 Å². The van der Waals surface area contributed by atoms with Crippen molar-refractivity contribution in [2.75, 3.05) is 19.6 Å². The van der Waals surface area contributed by atoms with E-state index < -0.39 is 4.92 Å². The molecule has 0 aliphatic carbocycles. The van der Waals surface area contributed by atoms with Gasteiger partial charge in [-0.05, 0) is 49.9 Å². The molecule has 0 atom stereocenters. The Morgan fingerprint density at radius 1 is 1.04 bits per heavy atom. The van der Waals surface area contributed by atoms with Crippen molar-refractivity contribution in [1.82, 2.24) is 4.90 Å². The van der Waals surface area contributed by atoms with E-state index in [0.29, 0.717) is 5.92 Å². The number of nitro groups is 1. The standard InChI is InChI=1S/C20H22N2O3.C2H6/c23-20(18-8-4-5-9-19(18)22(24)25)15-21-12-10-17(11-13-21)14-16-6-2-1-3-7-16;1-2/h1-9,17H,10-15H2;1-2H3. The second-order valence-electron chi connectivity index (χ2n) is 6.61. The molecule has 5 nitrogen and oxygen atoms in total. The molecular weight excluding hydrogens is 340 g/mol. The van der Waals surface area contributed by atoms with Crippen LogP contribution in [0.1, 0.15) is 42.6 Å². The highest BCUT2D eigenvalue weighted by Gasteiger charge is 2.24. The summed E-state index contributed by atoms with van der Waals surface area (Å²) in [5, 5.41) is 11.1. The molecule has 3 rings (SSSR count). The summed E-state index contributed by atoms with van der Waals surface area (Å²) in [5.41, 5.74) is 1.46. The minimum atomic E-state index is -0.487. The van der Waals surface area contributed by atoms with Crippen molar-refractivity contribution in [2.24, 2.45) is 5.92 Å². The van der Waals surface area contributed by atoms with Crippen LogP contribution in [0.4, 0.5) is 5.69 Å². The molecule has 0 N–H and O–H groups in total. The molecule has 27 heavy (non-hydrogen) atoms. The topological polar surface area (TPSA) is 63.5 Å². The maximum Gasteiger partial charge on any atom is 0.280 e. The van der Waals surface area contributed by atoms with Crippen molar-refractivity contribution in [3.8, 4) is 0 Å². The fourth-order valence-corrected chi connectivity index (χ4v) is 3.45. The third-order valence-corrected chi connectivity index (χ3v) is 4.84. The van der Waals surface area contributed by atoms with E-state index in [0.717, 1.165) is 32.4 Å². The molecule has 0 saturated carbocycles. The summed E-state index contributed by atoms with van der Waals surface area (Å²) in [7, 11) is 0. The third kappa shape index (κ3) is 6.00. The number of rotatable bonds is 6. The maximum absolute atomic E-state index is 12.5. The summed E-state index contributed by atoms with van der Waals surface area (Å²) < 4.78 is 0. The molecule has 1 aliphatic heterocycles. The van der Waals surface area contributed by atoms with E-state index in [9.17, 15) is 14.9 Å². The third-order valence-electron chi connectivity index (χ3n) is 4.84. The Morgan fingerprint density at radius 2 is 1.63 bits per heavy atom. The lowest BCUT2D eigenvalue weighted by atomic mass is 9.90. The number of hydrogen-bond acceptors (Lipinski definition) is 4. The summed E-state index contributed by atoms with van der Waals surface area (Å²) in [6.45, 7) is 5.98. The summed E-state index contributed by atoms with van der Waals surface area (Å²) in [6, 6.07) is 16.7. The molecule has 1 fully saturated rings. The lowest BCUT2D eigenvalue weighted by Crippen LogP contribution is -2.38. The molecule has 1 heterocycles. The van der Waals surface area contributed by atoms with E-state index in [-0.39, 0.29) is 23.6 Å². The van der Waals surface area contributed by atoms with Crippen molar-refractivity contribution in [1.29, 1.82) is 0 Å². The van der Waals surface area contributed by atoms with E-state index in [2.05, 4.69) is 29.2 Å². The van der Waals surface area contributed by atoms with Crippen LogP contribution in [0.5, 0.6) is 0 Å². The quantitative estimate of drug-likeness (QED) is 0.419. The first-order valence-corrected chi connectivity index (χ1v) is 9.66. The monoisotopic (exact) mass is 368 g/mol. The van der Waals surface area contributed by atoms with Gasteiger partial charge in [0.25, 0.3) is 5.69 Å². The lowest BCUT2D eigenvalue weighted by Gasteiger charge is -2.31. The molecule has 0 spiro atoms. The van der Waals surface area contributed by atoms with E-state index in [1.807, 2.05) is 19.9 Å². The second-order valence-corrected chi connectivity index (χ2v) is 6.61. The zero-order valence-electron chi connectivity index (χ0n) is 16.1. The van der Waals surface area contributed by atoms with Crippen LogP contribution in [0.15, 0.2) is 54.6 Å². The number of benzene rings is 2. The number of nitrogens with zero attached hydrogens (tertiary/aromatic N) is 2. The predicted octanol–water partition coefficient (Wildman–Crippen LogP) is 4.76. The molecule has 0 bridgehead atoms. The van der Waals surface area contributed by atoms with E-state index >= 15 is 0 Å². The normalized spacial score (nSPS) is 14.9. The number of carbonyl (C=O) groups excluding carboxylic acids is 1. The molecule has 1 aliphatic rings. The van der Waals surface area contributed by atoms with Crippen LogP contribution in [0.3, 0.4) is 0 Å². The van der Waals surface area contributed by atoms with Gasteiger partial charge in [0.05, 0.1) is 17.0 Å². The smallest absolute Gasteiger partial charge is 0.280 e. The number of Topliss-reactive ketones (excluding diaryl/α,β-unsaturated/α-hetero) is 1. The first-order chi connectivity index (χ1) is 13.1. The van der Waals surface area contributed by atoms with Gasteiger partial charge < -0.3 is 0 Å². The minimum Gasteiger partial charge on any atom is -0.296 e. The minimum absolute atomic E-state index is 0.105. The number of nitro benzene ring substituents is 1. The molecule has 0 amide bonds. The van der Waals surface area contributed by atoms with Crippen LogP contribution in [0.2, 0.25) is 0 Å². The molecule has 2 aromatic carbocycles. The molecule has 5 heteroatoms. The van der Waals surface area contributed by atoms with Gasteiger partial charge in [-0.3, -0.25) is 19.8 Å². The molecular formula is C22H28N2O3. The van der Waals surface area contributed by atoms with Crippen molar-refractivity contribution in [3.05, 3.63) is 75.8 Å². The second kappa shape index (κ2) is 10.6. The van der Waals surface area contributed by atoms with Gasteiger partial charge in [0.15, 0.2) is 5.78 Å². The van der Waals surface area contributed by atoms with Crippen molar-refractivity contribution in [2.45, 2.75) is 33.1 Å². The van der Waals surface area contributed by atoms with Gasteiger partial charge >= 0.3 is 0 Å². The lowest BCUT2D eigenvalue weighted by molar-refractivity contribution is -0.385. The number of likely N-dealkylation sites (tertiary alicyclic amines) is 1. The van der Waals surface area contributed by atoms with Crippen LogP contribution in [0, 0.1) is 16.0 Å². The van der Waals surface area contributed by atoms with Gasteiger partial charge in [-0.15, -0.1) is 0 Å². The highest BCUT2D eigenvalue weighted by Crippen LogP contribution is 2.23. The van der Waals surface area contributed by atoms with Gasteiger partial charge in [-0.25, -0.2) is 0 Å². The Hall–Kier alpha value is -2.53. The van der Waals surface area contributed by atoms with Crippen LogP contribution in [0.25, 0.3) is 0 Å². The predicted molar refractivity (Wildman–Crippen MR) is 108 cm³/mol. The van der Waals surface area contributed by atoms with Crippen molar-refractivity contribution < 1.29 is 9.72 Å². The van der Waals surface area contributed by atoms with Gasteiger partial charge in [0, 0.05) is 6.07 Å². The zero-order chi connectivity index (χ0) is 19.6. The average molecular weight is 368 g/mol. The van der Waals surface area contributed by atoms with Gasteiger partial charge in [-0.2, -0.15) is 0 Å². The molecule has 1 saturated heterocycles. The average Bonchev–Trinajstić information content (AvgIpc) is 2.71. The number of ketones is 1. The first kappa shape index (κ1) is 20.8. The van der Waals surface area contributed by atoms with Gasteiger partial charge in [-0.1, -0.05) is 56.3 Å². The van der Waals surface area contributed by atoms with Crippen LogP contribution in [-0.4, -0.2) is 35.2 Å². The van der Waals surface area contributed by atoms with Crippen LogP contribution in [-0.2, 0) is 6.42 Å². The number of piperidine rings is 1. The highest BCUT2D eigenvalue weighted by molar-refractivity contribution is 6.01. The fraction of sp³-hybridized carbons (Fsp3) is 0.409. The van der Waals surface area contributed by atoms with E-state index in [4.69, 9.17) is 0 Å². The van der Waals surface area contributed by atoms with Crippen molar-refractivity contribution in [3.63, 3.8) is 0 Å². The number of hydrogen-bond donors (Lipinski definition) is 0. The van der Waals surface area contributed by atoms with Crippen molar-refractivity contribution >= 4 is 11.5 Å². The van der Waals surface area contributed by atoms with Gasteiger partial charge in [0.2, 0.25) is 0 Å². The van der Waals surface area contributed by atoms with Crippen LogP contribution < -0.4 is 0 Å². The molecule has 144 valence electrons. The summed E-state index contributed by atoms with van der Waals surface area (Å²) >= 11 is 0. The summed E-state index contributed by atoms with van der Waals surface area (Å²) in [6.07, 6.45) is 3.19. The number of para-hydroxylation sites is 1. The number of carbonyl (C=O) groups is 1. The Kier molecular flexibility index (Phi) is 8.14. The Labute approximate surface area is 161 Å². The molecule has 0 radical (unpaired) electrons. The Morgan fingerprint density at radius 3 is 2.26 bits per heavy atom. The zero-order valence-corrected chi connectivity index (χ0v) is 16.1. The first-order valence-electron chi connectivity index (χ1n) is 9.66. The summed E-state index contributed by atoms with van der Waals surface area (Å²) in [4.78, 5) is 25.2. The highest BCUT2D eigenvalue weighted by atomic mass is 16.6.